The molecule has 1 fully saturated rings. The lowest BCUT2D eigenvalue weighted by Gasteiger charge is -2.30. The van der Waals surface area contributed by atoms with E-state index in [0.29, 0.717) is 53.4 Å². The van der Waals surface area contributed by atoms with Gasteiger partial charge in [0.1, 0.15) is 0 Å². The quantitative estimate of drug-likeness (QED) is 0.395. The van der Waals surface area contributed by atoms with Crippen LogP contribution in [-0.4, -0.2) is 41.3 Å². The van der Waals surface area contributed by atoms with Crippen LogP contribution in [0.1, 0.15) is 57.3 Å². The summed E-state index contributed by atoms with van der Waals surface area (Å²) in [5.41, 5.74) is 3.07. The van der Waals surface area contributed by atoms with Crippen molar-refractivity contribution >= 4 is 5.91 Å². The first-order valence-corrected chi connectivity index (χ1v) is 12.9. The van der Waals surface area contributed by atoms with E-state index in [2.05, 4.69) is 10.1 Å². The first-order valence-electron chi connectivity index (χ1n) is 12.9. The molecule has 8 nitrogen and oxygen atoms in total. The van der Waals surface area contributed by atoms with Crippen LogP contribution in [0, 0.1) is 12.3 Å². The highest BCUT2D eigenvalue weighted by Crippen LogP contribution is 2.40. The first kappa shape index (κ1) is 25.1. The van der Waals surface area contributed by atoms with Crippen LogP contribution in [0.5, 0.6) is 0 Å². The van der Waals surface area contributed by atoms with Crippen LogP contribution in [0.3, 0.4) is 0 Å². The van der Waals surface area contributed by atoms with Crippen LogP contribution in [0.15, 0.2) is 49.1 Å². The third-order valence-corrected chi connectivity index (χ3v) is 7.39. The minimum atomic E-state index is -4.65. The average Bonchev–Trinajstić information content (AvgIpc) is 3.54. The molecule has 2 aliphatic rings. The van der Waals surface area contributed by atoms with Crippen molar-refractivity contribution in [3.8, 4) is 11.1 Å². The second kappa shape index (κ2) is 9.25. The van der Waals surface area contributed by atoms with Crippen molar-refractivity contribution in [3.05, 3.63) is 88.3 Å². The first-order chi connectivity index (χ1) is 18.6. The van der Waals surface area contributed by atoms with E-state index in [1.54, 1.807) is 27.8 Å². The zero-order valence-electron chi connectivity index (χ0n) is 21.7. The molecule has 1 amide bonds. The predicted octanol–water partition coefficient (Wildman–Crippen LogP) is 4.47. The zero-order chi connectivity index (χ0) is 27.5. The number of aromatic nitrogens is 5. The summed E-state index contributed by atoms with van der Waals surface area (Å²) in [6, 6.07) is 7.62. The van der Waals surface area contributed by atoms with Crippen molar-refractivity contribution in [2.45, 2.75) is 51.5 Å². The largest absolute Gasteiger partial charge is 0.435 e. The SMILES string of the molecule is Cc1ccnc(CN2CCc3c(cc(Cn4ccn(C5CC5)c4=N)cc3-c3cn(C)nc3C(F)(F)F)C2=O)c1. The number of hydrogen-bond donors (Lipinski definition) is 1. The van der Waals surface area contributed by atoms with Crippen molar-refractivity contribution in [2.24, 2.45) is 7.05 Å². The molecule has 4 aromatic rings. The van der Waals surface area contributed by atoms with E-state index in [4.69, 9.17) is 5.41 Å². The Morgan fingerprint density at radius 2 is 1.85 bits per heavy atom. The Labute approximate surface area is 222 Å². The third-order valence-electron chi connectivity index (χ3n) is 7.39. The van der Waals surface area contributed by atoms with Gasteiger partial charge in [0.25, 0.3) is 5.91 Å². The van der Waals surface area contributed by atoms with Gasteiger partial charge in [-0.15, -0.1) is 0 Å². The van der Waals surface area contributed by atoms with Crippen LogP contribution in [0.2, 0.25) is 0 Å². The minimum absolute atomic E-state index is 0.0450. The average molecular weight is 536 g/mol. The molecule has 0 saturated heterocycles. The molecule has 3 aromatic heterocycles. The molecule has 0 bridgehead atoms. The molecule has 1 aromatic carbocycles. The molecule has 11 heteroatoms. The summed E-state index contributed by atoms with van der Waals surface area (Å²) in [6.07, 6.45) is 4.56. The van der Waals surface area contributed by atoms with Crippen LogP contribution in [-0.2, 0) is 32.7 Å². The smallest absolute Gasteiger partial charge is 0.332 e. The van der Waals surface area contributed by atoms with Gasteiger partial charge in [-0.3, -0.25) is 19.9 Å². The van der Waals surface area contributed by atoms with E-state index in [1.807, 2.05) is 36.0 Å². The number of carbonyl (C=O) groups is 1. The monoisotopic (exact) mass is 535 g/mol. The van der Waals surface area contributed by atoms with Crippen molar-refractivity contribution in [3.63, 3.8) is 0 Å². The highest BCUT2D eigenvalue weighted by atomic mass is 19.4. The molecule has 6 rings (SSSR count). The fourth-order valence-electron chi connectivity index (χ4n) is 5.38. The van der Waals surface area contributed by atoms with Gasteiger partial charge >= 0.3 is 6.18 Å². The number of carbonyl (C=O) groups excluding carboxylic acids is 1. The van der Waals surface area contributed by atoms with Gasteiger partial charge in [-0.25, -0.2) is 0 Å². The number of rotatable bonds is 6. The molecule has 1 aliphatic heterocycles. The number of fused-ring (bicyclic) bond motifs is 1. The van der Waals surface area contributed by atoms with Gasteiger partial charge < -0.3 is 14.0 Å². The number of halogens is 3. The summed E-state index contributed by atoms with van der Waals surface area (Å²) >= 11 is 0. The lowest BCUT2D eigenvalue weighted by Crippen LogP contribution is -2.37. The molecule has 1 N–H and O–H groups in total. The molecule has 1 saturated carbocycles. The maximum atomic E-state index is 14.0. The summed E-state index contributed by atoms with van der Waals surface area (Å²) in [4.78, 5) is 19.8. The highest BCUT2D eigenvalue weighted by molar-refractivity contribution is 5.99. The van der Waals surface area contributed by atoms with Crippen LogP contribution in [0.4, 0.5) is 13.2 Å². The number of imidazole rings is 1. The fourth-order valence-corrected chi connectivity index (χ4v) is 5.38. The Hall–Kier alpha value is -4.15. The summed E-state index contributed by atoms with van der Waals surface area (Å²) in [7, 11) is 1.46. The lowest BCUT2D eigenvalue weighted by molar-refractivity contribution is -0.140. The number of nitrogens with zero attached hydrogens (tertiary/aromatic N) is 6. The fraction of sp³-hybridized carbons (Fsp3) is 0.357. The number of pyridine rings is 1. The van der Waals surface area contributed by atoms with Crippen molar-refractivity contribution in [1.82, 2.24) is 28.8 Å². The second-order valence-electron chi connectivity index (χ2n) is 10.4. The Morgan fingerprint density at radius 3 is 2.56 bits per heavy atom. The van der Waals surface area contributed by atoms with E-state index in [9.17, 15) is 18.0 Å². The van der Waals surface area contributed by atoms with Gasteiger partial charge in [-0.1, -0.05) is 0 Å². The molecule has 0 unspecified atom stereocenters. The Morgan fingerprint density at radius 1 is 1.08 bits per heavy atom. The zero-order valence-corrected chi connectivity index (χ0v) is 21.7. The van der Waals surface area contributed by atoms with E-state index >= 15 is 0 Å². The topological polar surface area (TPSA) is 84.7 Å². The van der Waals surface area contributed by atoms with Crippen LogP contribution in [0.25, 0.3) is 11.1 Å². The van der Waals surface area contributed by atoms with Crippen LogP contribution >= 0.6 is 0 Å². The van der Waals surface area contributed by atoms with E-state index in [-0.39, 0.29) is 18.0 Å². The molecule has 0 atom stereocenters. The van der Waals surface area contributed by atoms with Crippen molar-refractivity contribution < 1.29 is 18.0 Å². The summed E-state index contributed by atoms with van der Waals surface area (Å²) in [6.45, 7) is 2.90. The summed E-state index contributed by atoms with van der Waals surface area (Å²) < 4.78 is 46.8. The lowest BCUT2D eigenvalue weighted by atomic mass is 9.88. The maximum absolute atomic E-state index is 14.0. The number of nitrogens with one attached hydrogen (secondary N) is 1. The van der Waals surface area contributed by atoms with Gasteiger partial charge in [0.2, 0.25) is 5.62 Å². The normalized spacial score (nSPS) is 15.6. The minimum Gasteiger partial charge on any atom is -0.332 e. The number of amides is 1. The Balaban J connectivity index is 1.44. The van der Waals surface area contributed by atoms with E-state index in [1.165, 1.54) is 13.2 Å². The Bertz CT molecular complexity index is 1640. The number of alkyl halides is 3. The molecule has 4 heterocycles. The van der Waals surface area contributed by atoms with Gasteiger partial charge in [-0.2, -0.15) is 18.3 Å². The standard InChI is InChI=1S/C28H28F3N7O/c1-17-5-7-33-19(11-17)15-36-8-6-21-22(24-16-35(2)34-25(24)28(29,30)31)12-18(13-23(21)26(36)39)14-37-9-10-38(27(37)32)20-3-4-20/h5,7,9-13,16,20,32H,3-4,6,8,14-15H2,1-2H3. The van der Waals surface area contributed by atoms with E-state index < -0.39 is 11.9 Å². The molecule has 0 radical (unpaired) electrons. The molecule has 39 heavy (non-hydrogen) atoms. The summed E-state index contributed by atoms with van der Waals surface area (Å²) in [5, 5.41) is 12.3. The predicted molar refractivity (Wildman–Crippen MR) is 137 cm³/mol. The molecule has 202 valence electrons. The molecular weight excluding hydrogens is 507 g/mol. The van der Waals surface area contributed by atoms with Gasteiger partial charge in [0, 0.05) is 55.5 Å². The van der Waals surface area contributed by atoms with Crippen LogP contribution < -0.4 is 5.62 Å². The summed E-state index contributed by atoms with van der Waals surface area (Å²) in [5.74, 6) is -0.244. The van der Waals surface area contributed by atoms with Crippen molar-refractivity contribution in [2.75, 3.05) is 6.54 Å². The van der Waals surface area contributed by atoms with Gasteiger partial charge in [-0.05, 0) is 72.7 Å². The maximum Gasteiger partial charge on any atom is 0.435 e. The van der Waals surface area contributed by atoms with Gasteiger partial charge in [0.05, 0.1) is 18.8 Å². The third kappa shape index (κ3) is 4.77. The van der Waals surface area contributed by atoms with Gasteiger partial charge in [0.15, 0.2) is 5.69 Å². The number of aryl methyl sites for hydroxylation is 2. The second-order valence-corrected chi connectivity index (χ2v) is 10.4. The Kier molecular flexibility index (Phi) is 5.96. The number of hydrogen-bond acceptors (Lipinski definition) is 4. The molecule has 0 spiro atoms. The molecular formula is C28H28F3N7O. The van der Waals surface area contributed by atoms with Crippen molar-refractivity contribution in [1.29, 1.82) is 5.41 Å². The number of benzene rings is 1. The highest BCUT2D eigenvalue weighted by Gasteiger charge is 2.39. The van der Waals surface area contributed by atoms with E-state index in [0.717, 1.165) is 28.8 Å². The molecule has 1 aliphatic carbocycles.